The van der Waals surface area contributed by atoms with Gasteiger partial charge in [-0.05, 0) is 54.6 Å². The molecule has 0 bridgehead atoms. The first-order valence-corrected chi connectivity index (χ1v) is 9.05. The summed E-state index contributed by atoms with van der Waals surface area (Å²) in [5.41, 5.74) is 2.57. The molecule has 0 spiro atoms. The second kappa shape index (κ2) is 8.44. The van der Waals surface area contributed by atoms with Gasteiger partial charge >= 0.3 is 0 Å². The minimum atomic E-state index is -0.232. The van der Waals surface area contributed by atoms with Gasteiger partial charge < -0.3 is 19.2 Å². The summed E-state index contributed by atoms with van der Waals surface area (Å²) in [4.78, 5) is 16.2. The Balaban J connectivity index is 1.51. The van der Waals surface area contributed by atoms with Crippen molar-refractivity contribution in [1.29, 1.82) is 0 Å². The zero-order valence-electron chi connectivity index (χ0n) is 16.3. The Hall–Kier alpha value is -4.20. The van der Waals surface area contributed by atoms with Crippen LogP contribution < -0.4 is 14.8 Å². The second-order valence-corrected chi connectivity index (χ2v) is 6.26. The molecule has 4 rings (SSSR count). The van der Waals surface area contributed by atoms with Crippen LogP contribution in [-0.2, 0) is 0 Å². The molecule has 0 fully saturated rings. The van der Waals surface area contributed by atoms with E-state index < -0.39 is 0 Å². The maximum atomic E-state index is 12.2. The third kappa shape index (κ3) is 3.97. The normalized spacial score (nSPS) is 10.5. The fourth-order valence-corrected chi connectivity index (χ4v) is 2.82. The lowest BCUT2D eigenvalue weighted by Crippen LogP contribution is -2.11. The van der Waals surface area contributed by atoms with Crippen LogP contribution in [0.2, 0.25) is 0 Å². The van der Waals surface area contributed by atoms with E-state index in [2.05, 4.69) is 20.5 Å². The van der Waals surface area contributed by atoms with Gasteiger partial charge in [0.15, 0.2) is 11.5 Å². The van der Waals surface area contributed by atoms with Crippen LogP contribution in [-0.4, -0.2) is 35.3 Å². The quantitative estimate of drug-likeness (QED) is 0.519. The molecule has 0 aliphatic carbocycles. The number of nitrogens with one attached hydrogen (secondary N) is 1. The Morgan fingerprint density at radius 3 is 2.27 bits per heavy atom. The average molecular weight is 402 g/mol. The Morgan fingerprint density at radius 1 is 0.900 bits per heavy atom. The molecule has 0 radical (unpaired) electrons. The lowest BCUT2D eigenvalue weighted by Gasteiger charge is -2.07. The Kier molecular flexibility index (Phi) is 5.38. The van der Waals surface area contributed by atoms with Gasteiger partial charge in [-0.15, -0.1) is 10.2 Å². The molecule has 0 aliphatic heterocycles. The minimum Gasteiger partial charge on any atom is -0.493 e. The highest BCUT2D eigenvalue weighted by molar-refractivity contribution is 6.04. The molecule has 0 saturated heterocycles. The maximum Gasteiger partial charge on any atom is 0.257 e. The highest BCUT2D eigenvalue weighted by Crippen LogP contribution is 2.32. The van der Waals surface area contributed by atoms with E-state index in [4.69, 9.17) is 13.9 Å². The minimum absolute atomic E-state index is 0.232. The van der Waals surface area contributed by atoms with Gasteiger partial charge in [0.2, 0.25) is 11.8 Å². The van der Waals surface area contributed by atoms with E-state index in [0.29, 0.717) is 40.1 Å². The standard InChI is InChI=1S/C22H18N4O4/c1-28-18-10-7-15(12-19(18)29-2)22-26-25-21(30-22)14-5-8-17(9-6-14)24-20(27)16-4-3-11-23-13-16/h3-13H,1-2H3,(H,24,27). The number of nitrogens with zero attached hydrogens (tertiary/aromatic N) is 3. The number of methoxy groups -OCH3 is 2. The number of hydrogen-bond acceptors (Lipinski definition) is 7. The molecule has 2 aromatic carbocycles. The molecule has 30 heavy (non-hydrogen) atoms. The summed E-state index contributed by atoms with van der Waals surface area (Å²) in [5.74, 6) is 1.68. The molecule has 0 atom stereocenters. The molecule has 2 heterocycles. The lowest BCUT2D eigenvalue weighted by atomic mass is 10.2. The summed E-state index contributed by atoms with van der Waals surface area (Å²) < 4.78 is 16.4. The van der Waals surface area contributed by atoms with Crippen molar-refractivity contribution in [2.75, 3.05) is 19.5 Å². The highest BCUT2D eigenvalue weighted by atomic mass is 16.5. The van der Waals surface area contributed by atoms with Crippen molar-refractivity contribution in [2.24, 2.45) is 0 Å². The Bertz CT molecular complexity index is 1160. The van der Waals surface area contributed by atoms with Crippen LogP contribution in [0.4, 0.5) is 5.69 Å². The van der Waals surface area contributed by atoms with Gasteiger partial charge in [0.05, 0.1) is 19.8 Å². The fourth-order valence-electron chi connectivity index (χ4n) is 2.82. The first kappa shape index (κ1) is 19.1. The van der Waals surface area contributed by atoms with Gasteiger partial charge in [0, 0.05) is 29.2 Å². The van der Waals surface area contributed by atoms with Crippen molar-refractivity contribution >= 4 is 11.6 Å². The summed E-state index contributed by atoms with van der Waals surface area (Å²) in [6.45, 7) is 0. The number of anilines is 1. The van der Waals surface area contributed by atoms with Crippen LogP contribution in [0, 0.1) is 0 Å². The molecule has 1 N–H and O–H groups in total. The van der Waals surface area contributed by atoms with E-state index in [1.807, 2.05) is 6.07 Å². The number of benzene rings is 2. The van der Waals surface area contributed by atoms with Gasteiger partial charge in [-0.1, -0.05) is 0 Å². The largest absolute Gasteiger partial charge is 0.493 e. The van der Waals surface area contributed by atoms with Crippen molar-refractivity contribution in [3.63, 3.8) is 0 Å². The number of rotatable bonds is 6. The van der Waals surface area contributed by atoms with Gasteiger partial charge in [0.1, 0.15) is 0 Å². The lowest BCUT2D eigenvalue weighted by molar-refractivity contribution is 0.102. The summed E-state index contributed by atoms with van der Waals surface area (Å²) in [5, 5.41) is 11.0. The van der Waals surface area contributed by atoms with Crippen molar-refractivity contribution in [1.82, 2.24) is 15.2 Å². The molecule has 1 amide bonds. The fraction of sp³-hybridized carbons (Fsp3) is 0.0909. The smallest absolute Gasteiger partial charge is 0.257 e. The number of carbonyl (C=O) groups is 1. The van der Waals surface area contributed by atoms with Crippen molar-refractivity contribution in [3.8, 4) is 34.4 Å². The number of carbonyl (C=O) groups excluding carboxylic acids is 1. The van der Waals surface area contributed by atoms with Crippen LogP contribution in [0.5, 0.6) is 11.5 Å². The number of pyridine rings is 1. The topological polar surface area (TPSA) is 99.4 Å². The van der Waals surface area contributed by atoms with Crippen LogP contribution in [0.1, 0.15) is 10.4 Å². The molecule has 0 aliphatic rings. The maximum absolute atomic E-state index is 12.2. The molecule has 2 aromatic heterocycles. The zero-order chi connectivity index (χ0) is 20.9. The van der Waals surface area contributed by atoms with E-state index in [-0.39, 0.29) is 5.91 Å². The van der Waals surface area contributed by atoms with Gasteiger partial charge in [-0.3, -0.25) is 9.78 Å². The molecule has 0 saturated carbocycles. The molecule has 0 unspecified atom stereocenters. The summed E-state index contributed by atoms with van der Waals surface area (Å²) >= 11 is 0. The van der Waals surface area contributed by atoms with E-state index in [9.17, 15) is 4.79 Å². The highest BCUT2D eigenvalue weighted by Gasteiger charge is 2.14. The van der Waals surface area contributed by atoms with Crippen molar-refractivity contribution in [2.45, 2.75) is 0 Å². The predicted octanol–water partition coefficient (Wildman–Crippen LogP) is 4.07. The van der Waals surface area contributed by atoms with E-state index in [1.165, 1.54) is 6.20 Å². The first-order chi connectivity index (χ1) is 14.7. The average Bonchev–Trinajstić information content (AvgIpc) is 3.30. The van der Waals surface area contributed by atoms with Crippen LogP contribution >= 0.6 is 0 Å². The zero-order valence-corrected chi connectivity index (χ0v) is 16.3. The van der Waals surface area contributed by atoms with Crippen LogP contribution in [0.3, 0.4) is 0 Å². The number of ether oxygens (including phenoxy) is 2. The summed E-state index contributed by atoms with van der Waals surface area (Å²) in [6.07, 6.45) is 3.13. The first-order valence-electron chi connectivity index (χ1n) is 9.05. The number of aromatic nitrogens is 3. The van der Waals surface area contributed by atoms with Crippen molar-refractivity contribution in [3.05, 3.63) is 72.6 Å². The van der Waals surface area contributed by atoms with Gasteiger partial charge in [-0.25, -0.2) is 0 Å². The Morgan fingerprint density at radius 2 is 1.60 bits per heavy atom. The molecule has 8 nitrogen and oxygen atoms in total. The number of amides is 1. The monoisotopic (exact) mass is 402 g/mol. The molecular weight excluding hydrogens is 384 g/mol. The van der Waals surface area contributed by atoms with E-state index in [1.54, 1.807) is 68.9 Å². The molecular formula is C22H18N4O4. The van der Waals surface area contributed by atoms with Crippen LogP contribution in [0.15, 0.2) is 71.4 Å². The third-order valence-electron chi connectivity index (χ3n) is 4.37. The predicted molar refractivity (Wildman–Crippen MR) is 110 cm³/mol. The SMILES string of the molecule is COc1ccc(-c2nnc(-c3ccc(NC(=O)c4cccnc4)cc3)o2)cc1OC. The molecule has 4 aromatic rings. The third-order valence-corrected chi connectivity index (χ3v) is 4.37. The second-order valence-electron chi connectivity index (χ2n) is 6.26. The van der Waals surface area contributed by atoms with E-state index >= 15 is 0 Å². The summed E-state index contributed by atoms with van der Waals surface area (Å²) in [7, 11) is 3.14. The Labute approximate surface area is 172 Å². The van der Waals surface area contributed by atoms with Gasteiger partial charge in [-0.2, -0.15) is 0 Å². The van der Waals surface area contributed by atoms with Crippen molar-refractivity contribution < 1.29 is 18.7 Å². The number of hydrogen-bond donors (Lipinski definition) is 1. The van der Waals surface area contributed by atoms with Gasteiger partial charge in [0.25, 0.3) is 5.91 Å². The van der Waals surface area contributed by atoms with Crippen LogP contribution in [0.25, 0.3) is 22.9 Å². The molecule has 150 valence electrons. The summed E-state index contributed by atoms with van der Waals surface area (Å²) in [6, 6.07) is 15.9. The molecule has 8 heteroatoms. The van der Waals surface area contributed by atoms with E-state index in [0.717, 1.165) is 5.56 Å².